The summed E-state index contributed by atoms with van der Waals surface area (Å²) in [5.41, 5.74) is 3.62. The normalized spacial score (nSPS) is 11.1. The van der Waals surface area contributed by atoms with Gasteiger partial charge in [0, 0.05) is 11.1 Å². The van der Waals surface area contributed by atoms with Crippen LogP contribution in [0.3, 0.4) is 0 Å². The molecule has 114 valence electrons. The zero-order valence-corrected chi connectivity index (χ0v) is 13.3. The molecule has 0 heterocycles. The molecule has 3 nitrogen and oxygen atoms in total. The zero-order valence-electron chi connectivity index (χ0n) is 13.3. The van der Waals surface area contributed by atoms with Gasteiger partial charge in [0.15, 0.2) is 12.6 Å². The maximum absolute atomic E-state index is 11.4. The number of ether oxygens (including phenoxy) is 1. The van der Waals surface area contributed by atoms with Crippen molar-refractivity contribution in [3.63, 3.8) is 0 Å². The first-order valence-corrected chi connectivity index (χ1v) is 7.14. The molecule has 0 amide bonds. The largest absolute Gasteiger partial charge is 0.497 e. The highest BCUT2D eigenvalue weighted by atomic mass is 16.5. The lowest BCUT2D eigenvalue weighted by molar-refractivity contribution is 0.111. The highest BCUT2D eigenvalue weighted by Gasteiger charge is 2.17. The predicted molar refractivity (Wildman–Crippen MR) is 87.9 cm³/mol. The Bertz CT molecular complexity index is 709. The van der Waals surface area contributed by atoms with Crippen molar-refractivity contribution in [3.05, 3.63) is 53.1 Å². The third-order valence-corrected chi connectivity index (χ3v) is 3.72. The highest BCUT2D eigenvalue weighted by molar-refractivity contribution is 5.95. The summed E-state index contributed by atoms with van der Waals surface area (Å²) < 4.78 is 5.24. The molecular weight excluding hydrogens is 276 g/mol. The van der Waals surface area contributed by atoms with E-state index in [0.29, 0.717) is 22.4 Å². The van der Waals surface area contributed by atoms with Gasteiger partial charge in [-0.25, -0.2) is 0 Å². The van der Waals surface area contributed by atoms with Crippen LogP contribution in [0.1, 0.15) is 47.1 Å². The van der Waals surface area contributed by atoms with Crippen LogP contribution in [0.2, 0.25) is 0 Å². The summed E-state index contributed by atoms with van der Waals surface area (Å²) in [5.74, 6) is 0.651. The van der Waals surface area contributed by atoms with Crippen molar-refractivity contribution in [1.82, 2.24) is 0 Å². The van der Waals surface area contributed by atoms with Crippen LogP contribution in [-0.4, -0.2) is 19.7 Å². The lowest BCUT2D eigenvalue weighted by Gasteiger charge is -2.21. The Kier molecular flexibility index (Phi) is 4.45. The molecule has 0 aliphatic carbocycles. The second-order valence-electron chi connectivity index (χ2n) is 6.24. The molecule has 22 heavy (non-hydrogen) atoms. The first kappa shape index (κ1) is 16.0. The fourth-order valence-electron chi connectivity index (χ4n) is 2.36. The summed E-state index contributed by atoms with van der Waals surface area (Å²) in [6, 6.07) is 11.0. The molecule has 2 rings (SSSR count). The molecular formula is C19H20O3. The van der Waals surface area contributed by atoms with Gasteiger partial charge in [0.05, 0.1) is 7.11 Å². The summed E-state index contributed by atoms with van der Waals surface area (Å²) in [6.45, 7) is 6.33. The van der Waals surface area contributed by atoms with Gasteiger partial charge >= 0.3 is 0 Å². The monoisotopic (exact) mass is 296 g/mol. The Morgan fingerprint density at radius 1 is 0.864 bits per heavy atom. The number of carbonyl (C=O) groups excluding carboxylic acids is 2. The third-order valence-electron chi connectivity index (χ3n) is 3.72. The quantitative estimate of drug-likeness (QED) is 0.791. The highest BCUT2D eigenvalue weighted by Crippen LogP contribution is 2.33. The van der Waals surface area contributed by atoms with Crippen LogP contribution in [0, 0.1) is 0 Å². The van der Waals surface area contributed by atoms with Gasteiger partial charge in [0.25, 0.3) is 0 Å². The summed E-state index contributed by atoms with van der Waals surface area (Å²) >= 11 is 0. The first-order valence-electron chi connectivity index (χ1n) is 7.14. The fourth-order valence-corrected chi connectivity index (χ4v) is 2.36. The van der Waals surface area contributed by atoms with Gasteiger partial charge < -0.3 is 4.74 Å². The average molecular weight is 296 g/mol. The van der Waals surface area contributed by atoms with E-state index in [9.17, 15) is 9.59 Å². The average Bonchev–Trinajstić information content (AvgIpc) is 2.52. The maximum Gasteiger partial charge on any atom is 0.150 e. The minimum atomic E-state index is -0.0453. The summed E-state index contributed by atoms with van der Waals surface area (Å²) in [7, 11) is 1.58. The minimum Gasteiger partial charge on any atom is -0.497 e. The predicted octanol–water partition coefficient (Wildman–Crippen LogP) is 4.28. The number of carbonyl (C=O) groups is 2. The molecule has 0 spiro atoms. The van der Waals surface area contributed by atoms with Gasteiger partial charge in [-0.15, -0.1) is 0 Å². The van der Waals surface area contributed by atoms with E-state index in [1.165, 1.54) is 0 Å². The van der Waals surface area contributed by atoms with Crippen molar-refractivity contribution in [3.8, 4) is 16.9 Å². The molecule has 2 aromatic rings. The second kappa shape index (κ2) is 6.14. The van der Waals surface area contributed by atoms with Gasteiger partial charge in [-0.1, -0.05) is 32.9 Å². The van der Waals surface area contributed by atoms with Gasteiger partial charge in [-0.3, -0.25) is 9.59 Å². The lowest BCUT2D eigenvalue weighted by Crippen LogP contribution is -2.11. The molecule has 0 saturated heterocycles. The van der Waals surface area contributed by atoms with Crippen molar-refractivity contribution >= 4 is 12.6 Å². The minimum absolute atomic E-state index is 0.0453. The van der Waals surface area contributed by atoms with Crippen LogP contribution in [-0.2, 0) is 5.41 Å². The van der Waals surface area contributed by atoms with Crippen molar-refractivity contribution in [2.75, 3.05) is 7.11 Å². The number of aldehydes is 2. The van der Waals surface area contributed by atoms with E-state index >= 15 is 0 Å². The fraction of sp³-hybridized carbons (Fsp3) is 0.263. The molecule has 0 unspecified atom stereocenters. The van der Waals surface area contributed by atoms with Crippen LogP contribution in [0.4, 0.5) is 0 Å². The second-order valence-corrected chi connectivity index (χ2v) is 6.24. The molecule has 0 fully saturated rings. The third kappa shape index (κ3) is 3.08. The number of hydrogen-bond acceptors (Lipinski definition) is 3. The molecule has 0 atom stereocenters. The van der Waals surface area contributed by atoms with Crippen molar-refractivity contribution in [1.29, 1.82) is 0 Å². The van der Waals surface area contributed by atoms with E-state index in [2.05, 4.69) is 20.8 Å². The molecule has 0 aliphatic rings. The molecule has 0 saturated carbocycles. The van der Waals surface area contributed by atoms with Crippen molar-refractivity contribution in [2.24, 2.45) is 0 Å². The topological polar surface area (TPSA) is 43.4 Å². The van der Waals surface area contributed by atoms with Gasteiger partial charge in [0.1, 0.15) is 5.75 Å². The summed E-state index contributed by atoms with van der Waals surface area (Å²) in [4.78, 5) is 22.7. The van der Waals surface area contributed by atoms with Crippen LogP contribution in [0.15, 0.2) is 36.4 Å². The van der Waals surface area contributed by atoms with E-state index in [0.717, 1.165) is 23.7 Å². The van der Waals surface area contributed by atoms with Gasteiger partial charge in [-0.05, 0) is 46.4 Å². The van der Waals surface area contributed by atoms with Crippen molar-refractivity contribution in [2.45, 2.75) is 26.2 Å². The van der Waals surface area contributed by atoms with Crippen LogP contribution < -0.4 is 4.74 Å². The number of benzene rings is 2. The Labute approximate surface area is 130 Å². The molecule has 0 radical (unpaired) electrons. The van der Waals surface area contributed by atoms with Gasteiger partial charge in [0.2, 0.25) is 0 Å². The molecule has 0 N–H and O–H groups in total. The first-order chi connectivity index (χ1) is 10.4. The molecule has 0 aliphatic heterocycles. The lowest BCUT2D eigenvalue weighted by atomic mass is 9.83. The van der Waals surface area contributed by atoms with Crippen LogP contribution in [0.25, 0.3) is 11.1 Å². The van der Waals surface area contributed by atoms with Gasteiger partial charge in [-0.2, -0.15) is 0 Å². The SMILES string of the molecule is COc1ccc(C=O)c(-c2cc(C(C)(C)C)ccc2C=O)c1. The molecule has 0 bridgehead atoms. The maximum atomic E-state index is 11.4. The van der Waals surface area contributed by atoms with E-state index in [4.69, 9.17) is 4.74 Å². The number of hydrogen-bond donors (Lipinski definition) is 0. The Hall–Kier alpha value is -2.42. The molecule has 3 heteroatoms. The van der Waals surface area contributed by atoms with Crippen LogP contribution >= 0.6 is 0 Å². The van der Waals surface area contributed by atoms with Crippen LogP contribution in [0.5, 0.6) is 5.75 Å². The standard InChI is InChI=1S/C19H20O3/c1-19(2,3)15-7-5-13(11-20)17(9-15)18-10-16(22-4)8-6-14(18)12-21/h5-12H,1-4H3. The number of rotatable bonds is 4. The van der Waals surface area contributed by atoms with E-state index in [1.54, 1.807) is 31.4 Å². The summed E-state index contributed by atoms with van der Waals surface area (Å²) in [6.07, 6.45) is 1.61. The Morgan fingerprint density at radius 3 is 1.91 bits per heavy atom. The van der Waals surface area contributed by atoms with E-state index in [1.807, 2.05) is 12.1 Å². The zero-order chi connectivity index (χ0) is 16.3. The van der Waals surface area contributed by atoms with E-state index in [-0.39, 0.29) is 5.41 Å². The number of methoxy groups -OCH3 is 1. The smallest absolute Gasteiger partial charge is 0.150 e. The Morgan fingerprint density at radius 2 is 1.41 bits per heavy atom. The van der Waals surface area contributed by atoms with Crippen molar-refractivity contribution < 1.29 is 14.3 Å². The Balaban J connectivity index is 2.74. The summed E-state index contributed by atoms with van der Waals surface area (Å²) in [5, 5.41) is 0. The molecule has 0 aromatic heterocycles. The molecule has 2 aromatic carbocycles. The van der Waals surface area contributed by atoms with E-state index < -0.39 is 0 Å².